The summed E-state index contributed by atoms with van der Waals surface area (Å²) in [5.74, 6) is -0.678. The quantitative estimate of drug-likeness (QED) is 0.920. The Labute approximate surface area is 119 Å². The first kappa shape index (κ1) is 14.4. The number of likely N-dealkylation sites (tertiary alicyclic amines) is 1. The van der Waals surface area contributed by atoms with Crippen LogP contribution in [0.4, 0.5) is 0 Å². The van der Waals surface area contributed by atoms with Crippen molar-refractivity contribution in [2.45, 2.75) is 32.7 Å². The molecule has 1 aliphatic heterocycles. The minimum absolute atomic E-state index is 0.275. The number of rotatable bonds is 3. The molecule has 1 aliphatic rings. The van der Waals surface area contributed by atoms with Crippen molar-refractivity contribution in [2.75, 3.05) is 13.1 Å². The molecular weight excluding hydrogens is 262 g/mol. The van der Waals surface area contributed by atoms with Gasteiger partial charge in [0.1, 0.15) is 0 Å². The molecule has 1 atom stereocenters. The Morgan fingerprint density at radius 1 is 1.42 bits per heavy atom. The highest BCUT2D eigenvalue weighted by atomic mass is 35.5. The number of hydrogen-bond donors (Lipinski definition) is 1. The highest BCUT2D eigenvalue weighted by Crippen LogP contribution is 2.34. The molecule has 0 bridgehead atoms. The lowest BCUT2D eigenvalue weighted by atomic mass is 9.80. The van der Waals surface area contributed by atoms with Gasteiger partial charge in [-0.1, -0.05) is 23.7 Å². The van der Waals surface area contributed by atoms with Crippen molar-refractivity contribution in [3.63, 3.8) is 0 Å². The second-order valence-electron chi connectivity index (χ2n) is 5.63. The summed E-state index contributed by atoms with van der Waals surface area (Å²) in [5.41, 5.74) is 0.622. The zero-order chi connectivity index (χ0) is 14.0. The van der Waals surface area contributed by atoms with Crippen LogP contribution in [-0.4, -0.2) is 29.1 Å². The summed E-state index contributed by atoms with van der Waals surface area (Å²) < 4.78 is 0. The highest BCUT2D eigenvalue weighted by Gasteiger charge is 2.37. The predicted molar refractivity (Wildman–Crippen MR) is 76.4 cm³/mol. The van der Waals surface area contributed by atoms with Crippen LogP contribution in [0.25, 0.3) is 0 Å². The van der Waals surface area contributed by atoms with E-state index < -0.39 is 11.4 Å². The number of carbonyl (C=O) groups is 1. The first-order valence-corrected chi connectivity index (χ1v) is 7.03. The zero-order valence-corrected chi connectivity index (χ0v) is 12.2. The Kier molecular flexibility index (Phi) is 4.16. The summed E-state index contributed by atoms with van der Waals surface area (Å²) in [4.78, 5) is 13.6. The van der Waals surface area contributed by atoms with Crippen LogP contribution in [0.5, 0.6) is 0 Å². The first-order chi connectivity index (χ1) is 8.92. The van der Waals surface area contributed by atoms with Crippen LogP contribution in [0, 0.1) is 5.41 Å². The number of benzene rings is 1. The van der Waals surface area contributed by atoms with E-state index in [0.29, 0.717) is 12.8 Å². The lowest BCUT2D eigenvalue weighted by Crippen LogP contribution is -2.43. The molecule has 104 valence electrons. The molecule has 1 fully saturated rings. The highest BCUT2D eigenvalue weighted by molar-refractivity contribution is 6.30. The topological polar surface area (TPSA) is 40.5 Å². The summed E-state index contributed by atoms with van der Waals surface area (Å²) in [6.07, 6.45) is 1.40. The minimum atomic E-state index is -0.678. The Morgan fingerprint density at radius 3 is 2.58 bits per heavy atom. The second kappa shape index (κ2) is 5.51. The number of carboxylic acids is 1. The Morgan fingerprint density at radius 2 is 2.05 bits per heavy atom. The van der Waals surface area contributed by atoms with Gasteiger partial charge in [0.2, 0.25) is 0 Å². The third-order valence-electron chi connectivity index (χ3n) is 4.30. The van der Waals surface area contributed by atoms with E-state index in [1.165, 1.54) is 5.56 Å². The van der Waals surface area contributed by atoms with Gasteiger partial charge >= 0.3 is 5.97 Å². The van der Waals surface area contributed by atoms with Crippen LogP contribution >= 0.6 is 11.6 Å². The van der Waals surface area contributed by atoms with E-state index in [1.54, 1.807) is 0 Å². The maximum absolute atomic E-state index is 11.2. The largest absolute Gasteiger partial charge is 0.481 e. The van der Waals surface area contributed by atoms with E-state index in [1.807, 2.05) is 25.1 Å². The minimum Gasteiger partial charge on any atom is -0.481 e. The molecule has 3 nitrogen and oxygen atoms in total. The molecule has 1 N–H and O–H groups in total. The molecule has 0 saturated carbocycles. The maximum atomic E-state index is 11.2. The van der Waals surface area contributed by atoms with Gasteiger partial charge in [-0.25, -0.2) is 0 Å². The Balaban J connectivity index is 2.04. The first-order valence-electron chi connectivity index (χ1n) is 6.65. The van der Waals surface area contributed by atoms with Gasteiger partial charge in [-0.2, -0.15) is 0 Å². The zero-order valence-electron chi connectivity index (χ0n) is 11.4. The molecule has 1 aromatic rings. The fraction of sp³-hybridized carbons (Fsp3) is 0.533. The molecule has 19 heavy (non-hydrogen) atoms. The number of aliphatic carboxylic acids is 1. The van der Waals surface area contributed by atoms with Crippen molar-refractivity contribution in [1.82, 2.24) is 4.90 Å². The third-order valence-corrected chi connectivity index (χ3v) is 4.53. The van der Waals surface area contributed by atoms with Crippen molar-refractivity contribution in [2.24, 2.45) is 5.41 Å². The maximum Gasteiger partial charge on any atom is 0.309 e. The molecule has 4 heteroatoms. The SMILES string of the molecule is CC(c1cccc(Cl)c1)N1CCC(C)(C(=O)O)CC1. The van der Waals surface area contributed by atoms with Gasteiger partial charge in [-0.15, -0.1) is 0 Å². The number of piperidine rings is 1. The number of carboxylic acid groups (broad SMARTS) is 1. The van der Waals surface area contributed by atoms with E-state index in [-0.39, 0.29) is 6.04 Å². The van der Waals surface area contributed by atoms with Gasteiger partial charge in [0.25, 0.3) is 0 Å². The lowest BCUT2D eigenvalue weighted by Gasteiger charge is -2.39. The molecule has 1 aromatic carbocycles. The van der Waals surface area contributed by atoms with Crippen LogP contribution < -0.4 is 0 Å². The van der Waals surface area contributed by atoms with Crippen LogP contribution in [0.2, 0.25) is 5.02 Å². The summed E-state index contributed by atoms with van der Waals surface area (Å²) in [5, 5.41) is 9.99. The predicted octanol–water partition coefficient (Wildman–Crippen LogP) is 3.59. The van der Waals surface area contributed by atoms with E-state index >= 15 is 0 Å². The molecule has 0 aromatic heterocycles. The van der Waals surface area contributed by atoms with Crippen molar-refractivity contribution < 1.29 is 9.90 Å². The molecular formula is C15H20ClNO2. The van der Waals surface area contributed by atoms with Gasteiger partial charge in [0.05, 0.1) is 5.41 Å². The average molecular weight is 282 g/mol. The standard InChI is InChI=1S/C15H20ClNO2/c1-11(12-4-3-5-13(16)10-12)17-8-6-15(2,7-9-17)14(18)19/h3-5,10-11H,6-9H2,1-2H3,(H,18,19). The summed E-state index contributed by atoms with van der Waals surface area (Å²) >= 11 is 6.02. The van der Waals surface area contributed by atoms with E-state index in [0.717, 1.165) is 18.1 Å². The summed E-state index contributed by atoms with van der Waals surface area (Å²) in [7, 11) is 0. The lowest BCUT2D eigenvalue weighted by molar-refractivity contribution is -0.151. The summed E-state index contributed by atoms with van der Waals surface area (Å²) in [6.45, 7) is 5.62. The van der Waals surface area contributed by atoms with Gasteiger partial charge in [0, 0.05) is 11.1 Å². The fourth-order valence-electron chi connectivity index (χ4n) is 2.60. The molecule has 1 saturated heterocycles. The van der Waals surface area contributed by atoms with E-state index in [2.05, 4.69) is 17.9 Å². The van der Waals surface area contributed by atoms with Gasteiger partial charge < -0.3 is 5.11 Å². The smallest absolute Gasteiger partial charge is 0.309 e. The van der Waals surface area contributed by atoms with Crippen molar-refractivity contribution >= 4 is 17.6 Å². The molecule has 0 spiro atoms. The number of hydrogen-bond acceptors (Lipinski definition) is 2. The number of halogens is 1. The molecule has 2 rings (SSSR count). The van der Waals surface area contributed by atoms with Gasteiger partial charge in [-0.3, -0.25) is 9.69 Å². The van der Waals surface area contributed by atoms with Crippen LogP contribution in [0.1, 0.15) is 38.3 Å². The van der Waals surface area contributed by atoms with Gasteiger partial charge in [-0.05, 0) is 57.5 Å². The normalized spacial score (nSPS) is 21.0. The molecule has 1 heterocycles. The molecule has 1 unspecified atom stereocenters. The molecule has 0 aliphatic carbocycles. The van der Waals surface area contributed by atoms with Gasteiger partial charge in [0.15, 0.2) is 0 Å². The van der Waals surface area contributed by atoms with E-state index in [9.17, 15) is 9.90 Å². The third kappa shape index (κ3) is 3.10. The van der Waals surface area contributed by atoms with Crippen molar-refractivity contribution in [1.29, 1.82) is 0 Å². The summed E-state index contributed by atoms with van der Waals surface area (Å²) in [6, 6.07) is 8.16. The van der Waals surface area contributed by atoms with Crippen LogP contribution in [-0.2, 0) is 4.79 Å². The molecule has 0 amide bonds. The number of nitrogens with zero attached hydrogens (tertiary/aromatic N) is 1. The monoisotopic (exact) mass is 281 g/mol. The van der Waals surface area contributed by atoms with Crippen LogP contribution in [0.15, 0.2) is 24.3 Å². The average Bonchev–Trinajstić information content (AvgIpc) is 2.38. The second-order valence-corrected chi connectivity index (χ2v) is 6.07. The fourth-order valence-corrected chi connectivity index (χ4v) is 2.79. The van der Waals surface area contributed by atoms with Crippen molar-refractivity contribution in [3.8, 4) is 0 Å². The Bertz CT molecular complexity index is 467. The van der Waals surface area contributed by atoms with Crippen molar-refractivity contribution in [3.05, 3.63) is 34.9 Å². The molecule has 0 radical (unpaired) electrons. The van der Waals surface area contributed by atoms with Crippen LogP contribution in [0.3, 0.4) is 0 Å². The Hall–Kier alpha value is -1.06. The van der Waals surface area contributed by atoms with E-state index in [4.69, 9.17) is 11.6 Å².